The number of fused-ring (bicyclic) bond motifs is 3. The van der Waals surface area contributed by atoms with Gasteiger partial charge in [-0.15, -0.1) is 0 Å². The molecular formula is C16H18NO3P. The van der Waals surface area contributed by atoms with Crippen molar-refractivity contribution in [2.45, 2.75) is 19.4 Å². The first-order chi connectivity index (χ1) is 10.1. The van der Waals surface area contributed by atoms with E-state index >= 15 is 0 Å². The van der Waals surface area contributed by atoms with E-state index in [1.165, 1.54) is 21.8 Å². The van der Waals surface area contributed by atoms with Gasteiger partial charge in [0.2, 0.25) is 0 Å². The van der Waals surface area contributed by atoms with Crippen molar-refractivity contribution < 1.29 is 14.4 Å². The van der Waals surface area contributed by atoms with Gasteiger partial charge in [0.15, 0.2) is 0 Å². The maximum atomic E-state index is 10.9. The van der Waals surface area contributed by atoms with Gasteiger partial charge in [0, 0.05) is 34.5 Å². The highest BCUT2D eigenvalue weighted by atomic mass is 31.2. The smallest absolute Gasteiger partial charge is 0.325 e. The molecule has 110 valence electrons. The maximum absolute atomic E-state index is 10.9. The van der Waals surface area contributed by atoms with Gasteiger partial charge >= 0.3 is 7.60 Å². The van der Waals surface area contributed by atoms with E-state index in [1.54, 1.807) is 0 Å². The van der Waals surface area contributed by atoms with E-state index in [2.05, 4.69) is 28.8 Å². The second-order valence-electron chi connectivity index (χ2n) is 5.28. The molecule has 0 aliphatic rings. The summed E-state index contributed by atoms with van der Waals surface area (Å²) in [6.45, 7) is 0.772. The molecule has 0 atom stereocenters. The number of unbranched alkanes of at least 4 members (excludes halogenated alkanes) is 1. The summed E-state index contributed by atoms with van der Waals surface area (Å²) in [5.74, 6) is 0. The molecule has 0 aliphatic carbocycles. The first-order valence-electron chi connectivity index (χ1n) is 7.07. The molecule has 1 aromatic heterocycles. The van der Waals surface area contributed by atoms with E-state index in [0.717, 1.165) is 13.0 Å². The Morgan fingerprint density at radius 2 is 1.38 bits per heavy atom. The average Bonchev–Trinajstić information content (AvgIpc) is 2.77. The fourth-order valence-corrected chi connectivity index (χ4v) is 3.47. The highest BCUT2D eigenvalue weighted by Gasteiger charge is 2.13. The standard InChI is InChI=1S/C16H18NO3P/c18-21(19,20)12-6-5-11-17-15-9-3-1-7-13(15)14-8-2-4-10-16(14)17/h1-4,7-10H,5-6,11-12H2,(H2,18,19,20). The third-order valence-corrected chi connectivity index (χ3v) is 4.66. The molecule has 0 amide bonds. The third-order valence-electron chi connectivity index (χ3n) is 3.76. The number of para-hydroxylation sites is 2. The van der Waals surface area contributed by atoms with Crippen LogP contribution in [-0.4, -0.2) is 20.5 Å². The molecule has 1 heterocycles. The van der Waals surface area contributed by atoms with Crippen LogP contribution in [0.25, 0.3) is 21.8 Å². The summed E-state index contributed by atoms with van der Waals surface area (Å²) in [4.78, 5) is 17.8. The number of hydrogen-bond donors (Lipinski definition) is 2. The van der Waals surface area contributed by atoms with Crippen molar-refractivity contribution in [3.05, 3.63) is 48.5 Å². The van der Waals surface area contributed by atoms with Crippen LogP contribution < -0.4 is 0 Å². The Hall–Kier alpha value is -1.61. The quantitative estimate of drug-likeness (QED) is 0.557. The molecule has 3 rings (SSSR count). The van der Waals surface area contributed by atoms with Crippen LogP contribution in [0, 0.1) is 0 Å². The van der Waals surface area contributed by atoms with Crippen LogP contribution in [0.3, 0.4) is 0 Å². The van der Waals surface area contributed by atoms with Gasteiger partial charge in [0.05, 0.1) is 0 Å². The number of benzene rings is 2. The van der Waals surface area contributed by atoms with E-state index in [9.17, 15) is 4.57 Å². The van der Waals surface area contributed by atoms with Crippen molar-refractivity contribution in [1.82, 2.24) is 4.57 Å². The lowest BCUT2D eigenvalue weighted by atomic mass is 10.2. The van der Waals surface area contributed by atoms with Gasteiger partial charge in [-0.1, -0.05) is 36.4 Å². The van der Waals surface area contributed by atoms with Gasteiger partial charge in [-0.3, -0.25) is 4.57 Å². The summed E-state index contributed by atoms with van der Waals surface area (Å²) in [5.41, 5.74) is 2.35. The fraction of sp³-hybridized carbons (Fsp3) is 0.250. The van der Waals surface area contributed by atoms with Crippen LogP contribution in [0.5, 0.6) is 0 Å². The molecule has 21 heavy (non-hydrogen) atoms. The summed E-state index contributed by atoms with van der Waals surface area (Å²) >= 11 is 0. The lowest BCUT2D eigenvalue weighted by molar-refractivity contribution is 0.370. The van der Waals surface area contributed by atoms with Crippen LogP contribution in [0.4, 0.5) is 0 Å². The van der Waals surface area contributed by atoms with Gasteiger partial charge in [0.1, 0.15) is 0 Å². The van der Waals surface area contributed by atoms with Crippen LogP contribution in [0.15, 0.2) is 48.5 Å². The zero-order valence-electron chi connectivity index (χ0n) is 11.6. The summed E-state index contributed by atoms with van der Waals surface area (Å²) in [5, 5.41) is 2.45. The monoisotopic (exact) mass is 303 g/mol. The van der Waals surface area contributed by atoms with E-state index < -0.39 is 7.60 Å². The van der Waals surface area contributed by atoms with Crippen molar-refractivity contribution in [3.8, 4) is 0 Å². The predicted molar refractivity (Wildman–Crippen MR) is 85.6 cm³/mol. The van der Waals surface area contributed by atoms with Crippen LogP contribution in [0.1, 0.15) is 12.8 Å². The predicted octanol–water partition coefficient (Wildman–Crippen LogP) is 3.75. The molecule has 5 heteroatoms. The van der Waals surface area contributed by atoms with Crippen molar-refractivity contribution >= 4 is 29.4 Å². The topological polar surface area (TPSA) is 62.5 Å². The molecule has 0 fully saturated rings. The number of nitrogens with zero attached hydrogens (tertiary/aromatic N) is 1. The largest absolute Gasteiger partial charge is 0.340 e. The Balaban J connectivity index is 1.91. The van der Waals surface area contributed by atoms with Gasteiger partial charge in [-0.2, -0.15) is 0 Å². The average molecular weight is 303 g/mol. The number of aryl methyl sites for hydroxylation is 1. The second kappa shape index (κ2) is 5.64. The lowest BCUT2D eigenvalue weighted by Gasteiger charge is -2.08. The van der Waals surface area contributed by atoms with Crippen LogP contribution in [0.2, 0.25) is 0 Å². The molecule has 0 spiro atoms. The van der Waals surface area contributed by atoms with Gasteiger partial charge in [-0.25, -0.2) is 0 Å². The Bertz CT molecular complexity index is 765. The van der Waals surface area contributed by atoms with Gasteiger partial charge in [-0.05, 0) is 25.0 Å². The normalized spacial score (nSPS) is 12.3. The van der Waals surface area contributed by atoms with Crippen LogP contribution >= 0.6 is 7.60 Å². The number of aromatic nitrogens is 1. The molecule has 4 nitrogen and oxygen atoms in total. The zero-order chi connectivity index (χ0) is 14.9. The first-order valence-corrected chi connectivity index (χ1v) is 8.86. The summed E-state index contributed by atoms with van der Waals surface area (Å²) < 4.78 is 13.1. The molecule has 0 aliphatic heterocycles. The summed E-state index contributed by atoms with van der Waals surface area (Å²) in [7, 11) is -3.88. The Kier molecular flexibility index (Phi) is 3.85. The Morgan fingerprint density at radius 3 is 1.90 bits per heavy atom. The minimum absolute atomic E-state index is 0.0376. The fourth-order valence-electron chi connectivity index (χ4n) is 2.83. The number of rotatable bonds is 5. The summed E-state index contributed by atoms with van der Waals surface area (Å²) in [6, 6.07) is 16.5. The third kappa shape index (κ3) is 3.03. The van der Waals surface area contributed by atoms with E-state index in [1.807, 2.05) is 24.3 Å². The van der Waals surface area contributed by atoms with Crippen molar-refractivity contribution in [1.29, 1.82) is 0 Å². The van der Waals surface area contributed by atoms with E-state index in [0.29, 0.717) is 6.42 Å². The minimum atomic E-state index is -3.88. The molecular weight excluding hydrogens is 285 g/mol. The molecule has 0 bridgehead atoms. The molecule has 2 N–H and O–H groups in total. The lowest BCUT2D eigenvalue weighted by Crippen LogP contribution is -1.99. The van der Waals surface area contributed by atoms with Crippen LogP contribution in [-0.2, 0) is 11.1 Å². The van der Waals surface area contributed by atoms with Crippen molar-refractivity contribution in [2.75, 3.05) is 6.16 Å². The molecule has 0 radical (unpaired) electrons. The maximum Gasteiger partial charge on any atom is 0.325 e. The minimum Gasteiger partial charge on any atom is -0.340 e. The molecule has 3 aromatic rings. The van der Waals surface area contributed by atoms with Crippen molar-refractivity contribution in [3.63, 3.8) is 0 Å². The number of hydrogen-bond acceptors (Lipinski definition) is 1. The zero-order valence-corrected chi connectivity index (χ0v) is 12.5. The molecule has 0 unspecified atom stereocenters. The first kappa shape index (κ1) is 14.3. The van der Waals surface area contributed by atoms with E-state index in [-0.39, 0.29) is 6.16 Å². The molecule has 0 saturated heterocycles. The molecule has 2 aromatic carbocycles. The van der Waals surface area contributed by atoms with Crippen molar-refractivity contribution in [2.24, 2.45) is 0 Å². The van der Waals surface area contributed by atoms with Gasteiger partial charge in [0.25, 0.3) is 0 Å². The Labute approximate surface area is 123 Å². The second-order valence-corrected chi connectivity index (χ2v) is 7.06. The highest BCUT2D eigenvalue weighted by molar-refractivity contribution is 7.51. The SMILES string of the molecule is O=P(O)(O)CCCCn1c2ccccc2c2ccccc21. The van der Waals surface area contributed by atoms with Gasteiger partial charge < -0.3 is 14.4 Å². The highest BCUT2D eigenvalue weighted by Crippen LogP contribution is 2.35. The van der Waals surface area contributed by atoms with E-state index in [4.69, 9.17) is 9.79 Å². The molecule has 0 saturated carbocycles. The summed E-state index contributed by atoms with van der Waals surface area (Å²) in [6.07, 6.45) is 1.25. The Morgan fingerprint density at radius 1 is 0.857 bits per heavy atom.